The van der Waals surface area contributed by atoms with Gasteiger partial charge in [-0.1, -0.05) is 22.9 Å². The van der Waals surface area contributed by atoms with E-state index in [2.05, 4.69) is 10.3 Å². The lowest BCUT2D eigenvalue weighted by Gasteiger charge is -2.00. The van der Waals surface area contributed by atoms with Crippen LogP contribution in [0.2, 0.25) is 0 Å². The van der Waals surface area contributed by atoms with Crippen molar-refractivity contribution < 1.29 is 13.2 Å². The molecule has 0 saturated carbocycles. The van der Waals surface area contributed by atoms with Gasteiger partial charge < -0.3 is 4.74 Å². The first-order valence-electron chi connectivity index (χ1n) is 5.89. The van der Waals surface area contributed by atoms with E-state index in [0.717, 1.165) is 5.56 Å². The van der Waals surface area contributed by atoms with Crippen molar-refractivity contribution in [2.24, 2.45) is 0 Å². The average molecular weight is 279 g/mol. The van der Waals surface area contributed by atoms with Crippen molar-refractivity contribution in [1.29, 1.82) is 0 Å². The summed E-state index contributed by atoms with van der Waals surface area (Å²) in [4.78, 5) is 0.229. The minimum atomic E-state index is -3.59. The van der Waals surface area contributed by atoms with Crippen molar-refractivity contribution in [2.75, 3.05) is 6.61 Å². The highest BCUT2D eigenvalue weighted by Crippen LogP contribution is 2.19. The van der Waals surface area contributed by atoms with Gasteiger partial charge in [-0.3, -0.25) is 0 Å². The van der Waals surface area contributed by atoms with Gasteiger partial charge in [0, 0.05) is 0 Å². The molecule has 1 atom stereocenters. The van der Waals surface area contributed by atoms with Gasteiger partial charge >= 0.3 is 0 Å². The number of nitrogens with zero attached hydrogens (tertiary/aromatic N) is 3. The number of epoxide rings is 1. The fourth-order valence-corrected chi connectivity index (χ4v) is 2.85. The number of sulfone groups is 1. The van der Waals surface area contributed by atoms with Gasteiger partial charge in [-0.05, 0) is 19.1 Å². The monoisotopic (exact) mass is 279 g/mol. The van der Waals surface area contributed by atoms with Gasteiger partial charge in [0.1, 0.15) is 6.10 Å². The van der Waals surface area contributed by atoms with Crippen LogP contribution in [0.3, 0.4) is 0 Å². The van der Waals surface area contributed by atoms with Crippen molar-refractivity contribution in [3.05, 3.63) is 36.0 Å². The Kier molecular flexibility index (Phi) is 2.87. The molecule has 19 heavy (non-hydrogen) atoms. The van der Waals surface area contributed by atoms with Gasteiger partial charge in [0.15, 0.2) is 0 Å². The van der Waals surface area contributed by atoms with Gasteiger partial charge in [-0.25, -0.2) is 13.1 Å². The zero-order valence-corrected chi connectivity index (χ0v) is 11.2. The predicted molar refractivity (Wildman–Crippen MR) is 66.4 cm³/mol. The molecule has 1 aromatic heterocycles. The first-order valence-corrected chi connectivity index (χ1v) is 7.37. The Balaban J connectivity index is 1.90. The fraction of sp³-hybridized carbons (Fsp3) is 0.333. The number of rotatable bonds is 4. The van der Waals surface area contributed by atoms with Crippen molar-refractivity contribution in [3.63, 3.8) is 0 Å². The molecule has 0 N–H and O–H groups in total. The lowest BCUT2D eigenvalue weighted by Crippen LogP contribution is -2.04. The highest BCUT2D eigenvalue weighted by Gasteiger charge is 2.26. The maximum Gasteiger partial charge on any atom is 0.227 e. The van der Waals surface area contributed by atoms with Crippen LogP contribution in [0.25, 0.3) is 0 Å². The van der Waals surface area contributed by atoms with E-state index in [-0.39, 0.29) is 16.0 Å². The minimum Gasteiger partial charge on any atom is -0.371 e. The van der Waals surface area contributed by atoms with Gasteiger partial charge in [0.25, 0.3) is 0 Å². The summed E-state index contributed by atoms with van der Waals surface area (Å²) in [6.45, 7) is 3.14. The van der Waals surface area contributed by atoms with Crippen molar-refractivity contribution in [1.82, 2.24) is 15.0 Å². The van der Waals surface area contributed by atoms with E-state index < -0.39 is 9.84 Å². The van der Waals surface area contributed by atoms with E-state index in [4.69, 9.17) is 4.74 Å². The Hall–Kier alpha value is -1.73. The second-order valence-corrected chi connectivity index (χ2v) is 6.45. The molecule has 7 heteroatoms. The van der Waals surface area contributed by atoms with E-state index >= 15 is 0 Å². The highest BCUT2D eigenvalue weighted by molar-refractivity contribution is 7.91. The first kappa shape index (κ1) is 12.3. The minimum absolute atomic E-state index is 0.0306. The topological polar surface area (TPSA) is 77.4 Å². The van der Waals surface area contributed by atoms with Crippen LogP contribution in [0.4, 0.5) is 0 Å². The van der Waals surface area contributed by atoms with E-state index in [0.29, 0.717) is 13.2 Å². The van der Waals surface area contributed by atoms with Gasteiger partial charge in [-0.2, -0.15) is 0 Å². The molecule has 3 rings (SSSR count). The summed E-state index contributed by atoms with van der Waals surface area (Å²) in [5, 5.41) is 7.52. The molecule has 0 unspecified atom stereocenters. The van der Waals surface area contributed by atoms with Crippen LogP contribution in [0.15, 0.2) is 40.4 Å². The number of aryl methyl sites for hydroxylation is 1. The smallest absolute Gasteiger partial charge is 0.227 e. The molecule has 0 spiro atoms. The molecule has 0 aliphatic carbocycles. The third-order valence-corrected chi connectivity index (χ3v) is 4.55. The Morgan fingerprint density at radius 3 is 2.68 bits per heavy atom. The number of benzene rings is 1. The lowest BCUT2D eigenvalue weighted by molar-refractivity contribution is 0.371. The molecule has 100 valence electrons. The molecule has 1 fully saturated rings. The highest BCUT2D eigenvalue weighted by atomic mass is 32.2. The normalized spacial score (nSPS) is 18.5. The zero-order valence-electron chi connectivity index (χ0n) is 10.4. The molecular weight excluding hydrogens is 266 g/mol. The molecule has 0 bridgehead atoms. The van der Waals surface area contributed by atoms with Crippen LogP contribution in [0.5, 0.6) is 0 Å². The van der Waals surface area contributed by atoms with Crippen LogP contribution in [-0.4, -0.2) is 36.1 Å². The first-order chi connectivity index (χ1) is 9.05. The van der Waals surface area contributed by atoms with Crippen molar-refractivity contribution >= 4 is 9.84 Å². The fourth-order valence-electron chi connectivity index (χ4n) is 1.71. The standard InChI is InChI=1S/C12H13N3O3S/c1-9-2-4-11(5-3-9)19(16,17)12-7-15(14-13-12)6-10-8-18-10/h2-5,7,10H,6,8H2,1H3/t10-/m1/s1. The number of hydrogen-bond donors (Lipinski definition) is 0. The summed E-state index contributed by atoms with van der Waals surface area (Å²) in [6, 6.07) is 6.67. The van der Waals surface area contributed by atoms with Crippen LogP contribution < -0.4 is 0 Å². The van der Waals surface area contributed by atoms with Crippen molar-refractivity contribution in [3.8, 4) is 0 Å². The molecule has 6 nitrogen and oxygen atoms in total. The molecule has 1 aliphatic heterocycles. The molecular formula is C12H13N3O3S. The van der Waals surface area contributed by atoms with Crippen LogP contribution in [0.1, 0.15) is 5.56 Å². The van der Waals surface area contributed by atoms with E-state index in [1.165, 1.54) is 10.9 Å². The Morgan fingerprint density at radius 2 is 2.05 bits per heavy atom. The van der Waals surface area contributed by atoms with Gasteiger partial charge in [0.05, 0.1) is 24.2 Å². The Morgan fingerprint density at radius 1 is 1.37 bits per heavy atom. The second-order valence-electron chi connectivity index (χ2n) is 4.55. The quantitative estimate of drug-likeness (QED) is 0.774. The van der Waals surface area contributed by atoms with Gasteiger partial charge in [0.2, 0.25) is 14.9 Å². The summed E-state index contributed by atoms with van der Waals surface area (Å²) >= 11 is 0. The molecule has 1 saturated heterocycles. The summed E-state index contributed by atoms with van der Waals surface area (Å²) in [5.41, 5.74) is 1.01. The maximum atomic E-state index is 12.3. The van der Waals surface area contributed by atoms with Crippen LogP contribution in [0, 0.1) is 6.92 Å². The summed E-state index contributed by atoms with van der Waals surface area (Å²) in [7, 11) is -3.59. The SMILES string of the molecule is Cc1ccc(S(=O)(=O)c2cn(C[C@@H]3CO3)nn2)cc1. The van der Waals surface area contributed by atoms with Crippen LogP contribution in [-0.2, 0) is 21.1 Å². The summed E-state index contributed by atoms with van der Waals surface area (Å²) < 4.78 is 31.2. The lowest BCUT2D eigenvalue weighted by atomic mass is 10.2. The summed E-state index contributed by atoms with van der Waals surface area (Å²) in [6.07, 6.45) is 1.58. The molecule has 0 amide bonds. The number of aromatic nitrogens is 3. The molecule has 1 aromatic carbocycles. The second kappa shape index (κ2) is 4.43. The molecule has 2 aromatic rings. The van der Waals surface area contributed by atoms with E-state index in [1.54, 1.807) is 24.3 Å². The van der Waals surface area contributed by atoms with E-state index in [9.17, 15) is 8.42 Å². The molecule has 1 aliphatic rings. The maximum absolute atomic E-state index is 12.3. The van der Waals surface area contributed by atoms with Crippen molar-refractivity contribution in [2.45, 2.75) is 29.5 Å². The average Bonchev–Trinajstić information content (AvgIpc) is 3.05. The Labute approximate surface area is 110 Å². The third-order valence-electron chi connectivity index (χ3n) is 2.92. The number of ether oxygens (including phenoxy) is 1. The molecule has 2 heterocycles. The zero-order chi connectivity index (χ0) is 13.5. The third kappa shape index (κ3) is 2.52. The largest absolute Gasteiger partial charge is 0.371 e. The predicted octanol–water partition coefficient (Wildman–Crippen LogP) is 0.818. The van der Waals surface area contributed by atoms with Gasteiger partial charge in [-0.15, -0.1) is 5.10 Å². The van der Waals surface area contributed by atoms with Crippen LogP contribution >= 0.6 is 0 Å². The number of hydrogen-bond acceptors (Lipinski definition) is 5. The Bertz CT molecular complexity index is 687. The van der Waals surface area contributed by atoms with E-state index in [1.807, 2.05) is 6.92 Å². The summed E-state index contributed by atoms with van der Waals surface area (Å²) in [5.74, 6) is 0. The molecule has 0 radical (unpaired) electrons.